The highest BCUT2D eigenvalue weighted by Crippen LogP contribution is 2.52. The fraction of sp³-hybridized carbons (Fsp3) is 0.611. The molecule has 1 amide bonds. The normalized spacial score (nSPS) is 29.5. The van der Waals surface area contributed by atoms with Crippen LogP contribution in [0.5, 0.6) is 5.75 Å². The van der Waals surface area contributed by atoms with E-state index in [2.05, 4.69) is 20.8 Å². The molecule has 0 aromatic heterocycles. The van der Waals surface area contributed by atoms with Gasteiger partial charge in [0.2, 0.25) is 0 Å². The molecule has 1 heterocycles. The molecule has 3 rings (SSSR count). The molecule has 0 N–H and O–H groups in total. The molecule has 2 aliphatic rings. The number of halogens is 1. The molecule has 1 aliphatic heterocycles. The Kier molecular flexibility index (Phi) is 3.88. The average molecular weight is 322 g/mol. The van der Waals surface area contributed by atoms with Crippen molar-refractivity contribution in [3.63, 3.8) is 0 Å². The average Bonchev–Trinajstić information content (AvgIpc) is 2.67. The third-order valence-corrected chi connectivity index (χ3v) is 5.24. The van der Waals surface area contributed by atoms with Crippen molar-refractivity contribution in [2.75, 3.05) is 13.2 Å². The summed E-state index contributed by atoms with van der Waals surface area (Å²) in [5.41, 5.74) is 0.572. The topological polar surface area (TPSA) is 29.5 Å². The minimum atomic E-state index is 0.0662. The maximum Gasteiger partial charge on any atom is 0.260 e. The summed E-state index contributed by atoms with van der Waals surface area (Å²) in [6, 6.07) is 7.63. The molecule has 1 aromatic carbocycles. The number of para-hydroxylation sites is 1. The largest absolute Gasteiger partial charge is 0.482 e. The van der Waals surface area contributed by atoms with Crippen LogP contribution in [0.2, 0.25) is 5.02 Å². The Bertz CT molecular complexity index is 586. The van der Waals surface area contributed by atoms with Gasteiger partial charge in [0.05, 0.1) is 5.02 Å². The third kappa shape index (κ3) is 3.10. The summed E-state index contributed by atoms with van der Waals surface area (Å²) < 4.78 is 5.62. The summed E-state index contributed by atoms with van der Waals surface area (Å²) in [7, 11) is 0. The van der Waals surface area contributed by atoms with E-state index in [0.29, 0.717) is 22.2 Å². The first-order valence-electron chi connectivity index (χ1n) is 7.95. The predicted molar refractivity (Wildman–Crippen MR) is 88.2 cm³/mol. The van der Waals surface area contributed by atoms with Crippen LogP contribution in [0.1, 0.15) is 40.0 Å². The van der Waals surface area contributed by atoms with Gasteiger partial charge in [0.25, 0.3) is 5.91 Å². The zero-order valence-corrected chi connectivity index (χ0v) is 14.3. The van der Waals surface area contributed by atoms with Crippen molar-refractivity contribution in [1.29, 1.82) is 0 Å². The second-order valence-electron chi connectivity index (χ2n) is 7.95. The Morgan fingerprint density at radius 1 is 1.32 bits per heavy atom. The summed E-state index contributed by atoms with van der Waals surface area (Å²) >= 11 is 6.07. The van der Waals surface area contributed by atoms with E-state index < -0.39 is 0 Å². The molecule has 1 saturated heterocycles. The number of hydrogen-bond acceptors (Lipinski definition) is 2. The summed E-state index contributed by atoms with van der Waals surface area (Å²) in [4.78, 5) is 14.6. The number of carbonyl (C=O) groups excluding carboxylic acids is 1. The Balaban J connectivity index is 1.65. The van der Waals surface area contributed by atoms with Crippen LogP contribution in [0, 0.1) is 10.8 Å². The van der Waals surface area contributed by atoms with Crippen LogP contribution in [-0.2, 0) is 4.79 Å². The second-order valence-corrected chi connectivity index (χ2v) is 8.36. The van der Waals surface area contributed by atoms with E-state index >= 15 is 0 Å². The van der Waals surface area contributed by atoms with Crippen LogP contribution in [-0.4, -0.2) is 30.0 Å². The number of carbonyl (C=O) groups is 1. The summed E-state index contributed by atoms with van der Waals surface area (Å²) in [6.45, 7) is 7.85. The van der Waals surface area contributed by atoms with E-state index in [0.717, 1.165) is 19.4 Å². The molecular weight excluding hydrogens is 298 g/mol. The lowest BCUT2D eigenvalue weighted by Gasteiger charge is -2.39. The predicted octanol–water partition coefficient (Wildman–Crippen LogP) is 4.15. The molecule has 2 fully saturated rings. The van der Waals surface area contributed by atoms with E-state index in [4.69, 9.17) is 16.3 Å². The van der Waals surface area contributed by atoms with Crippen molar-refractivity contribution >= 4 is 17.5 Å². The van der Waals surface area contributed by atoms with E-state index in [1.807, 2.05) is 17.0 Å². The minimum absolute atomic E-state index is 0.0662. The van der Waals surface area contributed by atoms with Crippen LogP contribution in [0.15, 0.2) is 24.3 Å². The quantitative estimate of drug-likeness (QED) is 0.837. The molecule has 2 unspecified atom stereocenters. The number of rotatable bonds is 3. The Morgan fingerprint density at radius 3 is 2.77 bits per heavy atom. The van der Waals surface area contributed by atoms with Crippen molar-refractivity contribution in [2.24, 2.45) is 10.8 Å². The van der Waals surface area contributed by atoms with E-state index in [-0.39, 0.29) is 17.9 Å². The first-order valence-corrected chi connectivity index (χ1v) is 8.33. The third-order valence-electron chi connectivity index (χ3n) is 4.92. The van der Waals surface area contributed by atoms with Crippen LogP contribution in [0.25, 0.3) is 0 Å². The molecular formula is C18H24ClNO2. The van der Waals surface area contributed by atoms with Crippen molar-refractivity contribution in [2.45, 2.75) is 46.1 Å². The van der Waals surface area contributed by atoms with Crippen molar-refractivity contribution < 1.29 is 9.53 Å². The molecule has 1 aliphatic carbocycles. The molecule has 22 heavy (non-hydrogen) atoms. The van der Waals surface area contributed by atoms with Crippen molar-refractivity contribution in [3.8, 4) is 5.75 Å². The molecule has 2 bridgehead atoms. The zero-order chi connectivity index (χ0) is 16.0. The number of likely N-dealkylation sites (tertiary alicyclic amines) is 1. The number of fused-ring (bicyclic) bond motifs is 2. The lowest BCUT2D eigenvalue weighted by Crippen LogP contribution is -2.40. The number of hydrogen-bond donors (Lipinski definition) is 0. The van der Waals surface area contributed by atoms with Gasteiger partial charge in [0.15, 0.2) is 6.61 Å². The molecule has 3 nitrogen and oxygen atoms in total. The summed E-state index contributed by atoms with van der Waals surface area (Å²) in [5, 5.41) is 0.545. The minimum Gasteiger partial charge on any atom is -0.482 e. The molecule has 4 heteroatoms. The second kappa shape index (κ2) is 5.45. The summed E-state index contributed by atoms with van der Waals surface area (Å²) in [6.07, 6.45) is 3.39. The molecule has 2 atom stereocenters. The highest BCUT2D eigenvalue weighted by molar-refractivity contribution is 6.32. The van der Waals surface area contributed by atoms with Gasteiger partial charge in [0, 0.05) is 12.6 Å². The van der Waals surface area contributed by atoms with Crippen LogP contribution in [0.4, 0.5) is 0 Å². The molecule has 0 radical (unpaired) electrons. The highest BCUT2D eigenvalue weighted by atomic mass is 35.5. The first-order chi connectivity index (χ1) is 10.3. The van der Waals surface area contributed by atoms with Gasteiger partial charge in [-0.15, -0.1) is 0 Å². The van der Waals surface area contributed by atoms with Crippen LogP contribution < -0.4 is 4.74 Å². The Hall–Kier alpha value is -1.22. The number of amides is 1. The van der Waals surface area contributed by atoms with Gasteiger partial charge in [-0.3, -0.25) is 4.79 Å². The van der Waals surface area contributed by atoms with Crippen molar-refractivity contribution in [1.82, 2.24) is 4.90 Å². The van der Waals surface area contributed by atoms with Gasteiger partial charge in [-0.05, 0) is 42.2 Å². The monoisotopic (exact) mass is 321 g/mol. The lowest BCUT2D eigenvalue weighted by atomic mass is 9.65. The first kappa shape index (κ1) is 15.7. The molecule has 1 saturated carbocycles. The number of benzene rings is 1. The standard InChI is InChI=1S/C18H24ClNO2/c1-17(2)8-13-9-18(3,11-17)12-20(13)16(21)10-22-15-7-5-4-6-14(15)19/h4-7,13H,8-12H2,1-3H3. The van der Waals surface area contributed by atoms with E-state index in [9.17, 15) is 4.79 Å². The number of nitrogens with zero attached hydrogens (tertiary/aromatic N) is 1. The zero-order valence-electron chi connectivity index (χ0n) is 13.6. The fourth-order valence-corrected chi connectivity index (χ4v) is 4.73. The maximum absolute atomic E-state index is 12.6. The van der Waals surface area contributed by atoms with Crippen LogP contribution >= 0.6 is 11.6 Å². The molecule has 1 aromatic rings. The van der Waals surface area contributed by atoms with E-state index in [1.165, 1.54) is 6.42 Å². The van der Waals surface area contributed by atoms with E-state index in [1.54, 1.807) is 12.1 Å². The lowest BCUT2D eigenvalue weighted by molar-refractivity contribution is -0.134. The van der Waals surface area contributed by atoms with Gasteiger partial charge in [0.1, 0.15) is 5.75 Å². The van der Waals surface area contributed by atoms with Crippen molar-refractivity contribution in [3.05, 3.63) is 29.3 Å². The smallest absolute Gasteiger partial charge is 0.260 e. The summed E-state index contributed by atoms with van der Waals surface area (Å²) in [5.74, 6) is 0.651. The Labute approximate surface area is 137 Å². The Morgan fingerprint density at radius 2 is 2.05 bits per heavy atom. The maximum atomic E-state index is 12.6. The fourth-order valence-electron chi connectivity index (χ4n) is 4.54. The SMILES string of the molecule is CC1(C)CC2CC(C)(CN2C(=O)COc2ccccc2Cl)C1. The van der Waals surface area contributed by atoms with Crippen LogP contribution in [0.3, 0.4) is 0 Å². The highest BCUT2D eigenvalue weighted by Gasteiger charge is 2.50. The van der Waals surface area contributed by atoms with Gasteiger partial charge in [-0.25, -0.2) is 0 Å². The molecule has 0 spiro atoms. The number of ether oxygens (including phenoxy) is 1. The van der Waals surface area contributed by atoms with Gasteiger partial charge in [-0.2, -0.15) is 0 Å². The van der Waals surface area contributed by atoms with Gasteiger partial charge < -0.3 is 9.64 Å². The van der Waals surface area contributed by atoms with Gasteiger partial charge in [-0.1, -0.05) is 44.5 Å². The molecule has 120 valence electrons. The van der Waals surface area contributed by atoms with Gasteiger partial charge >= 0.3 is 0 Å².